The summed E-state index contributed by atoms with van der Waals surface area (Å²) in [7, 11) is 0. The first-order chi connectivity index (χ1) is 15.7. The van der Waals surface area contributed by atoms with E-state index in [1.54, 1.807) is 28.8 Å². The van der Waals surface area contributed by atoms with E-state index in [-0.39, 0.29) is 11.2 Å². The molecule has 1 atom stereocenters. The van der Waals surface area contributed by atoms with Gasteiger partial charge in [-0.15, -0.1) is 0 Å². The first kappa shape index (κ1) is 24.6. The summed E-state index contributed by atoms with van der Waals surface area (Å²) >= 11 is 0. The molecule has 0 aliphatic carbocycles. The lowest BCUT2D eigenvalue weighted by Gasteiger charge is -2.40. The number of ether oxygens (including phenoxy) is 1. The van der Waals surface area contributed by atoms with Gasteiger partial charge in [0.15, 0.2) is 0 Å². The molecular formula is C24H33N5O4. The van der Waals surface area contributed by atoms with Crippen molar-refractivity contribution in [2.24, 2.45) is 0 Å². The molecule has 9 nitrogen and oxygen atoms in total. The van der Waals surface area contributed by atoms with Gasteiger partial charge in [0, 0.05) is 45.3 Å². The molecule has 2 N–H and O–H groups in total. The minimum atomic E-state index is -0.821. The second-order valence-corrected chi connectivity index (χ2v) is 8.95. The molecular weight excluding hydrogens is 422 g/mol. The van der Waals surface area contributed by atoms with Gasteiger partial charge in [-0.25, -0.2) is 4.79 Å². The number of hydrogen-bond acceptors (Lipinski definition) is 7. The molecule has 178 valence electrons. The Labute approximate surface area is 193 Å². The van der Waals surface area contributed by atoms with Crippen LogP contribution in [0.1, 0.15) is 39.2 Å². The normalized spacial score (nSPS) is 15.8. The number of unbranched alkanes of at least 4 members (excludes halogenated alkanes) is 1. The number of nitrogens with zero attached hydrogens (tertiary/aromatic N) is 4. The number of aromatic nitrogens is 2. The molecule has 0 bridgehead atoms. The molecule has 1 aliphatic rings. The SMILES string of the molecule is CCCCn1c(N2CCN(CC(O)C(C)(C)Oc3ccc(C#N)cc3)CC2)cc(=O)[nH]c1=O. The fourth-order valence-corrected chi connectivity index (χ4v) is 3.90. The summed E-state index contributed by atoms with van der Waals surface area (Å²) in [6.07, 6.45) is 1.08. The fourth-order valence-electron chi connectivity index (χ4n) is 3.90. The van der Waals surface area contributed by atoms with Gasteiger partial charge in [0.2, 0.25) is 0 Å². The Morgan fingerprint density at radius 3 is 2.45 bits per heavy atom. The second kappa shape index (κ2) is 10.7. The summed E-state index contributed by atoms with van der Waals surface area (Å²) in [6, 6.07) is 10.4. The van der Waals surface area contributed by atoms with Crippen LogP contribution in [0.3, 0.4) is 0 Å². The third-order valence-electron chi connectivity index (χ3n) is 6.04. The lowest BCUT2D eigenvalue weighted by molar-refractivity contribution is -0.0449. The van der Waals surface area contributed by atoms with Crippen LogP contribution in [0.15, 0.2) is 39.9 Å². The molecule has 1 aromatic heterocycles. The van der Waals surface area contributed by atoms with Crippen molar-refractivity contribution in [3.05, 3.63) is 56.7 Å². The van der Waals surface area contributed by atoms with E-state index in [1.165, 1.54) is 6.07 Å². The zero-order valence-electron chi connectivity index (χ0n) is 19.6. The van der Waals surface area contributed by atoms with Crippen LogP contribution in [0.4, 0.5) is 5.82 Å². The summed E-state index contributed by atoms with van der Waals surface area (Å²) in [6.45, 7) is 9.45. The van der Waals surface area contributed by atoms with Crippen LogP contribution in [0, 0.1) is 11.3 Å². The van der Waals surface area contributed by atoms with Crippen LogP contribution in [-0.2, 0) is 6.54 Å². The van der Waals surface area contributed by atoms with Crippen LogP contribution < -0.4 is 20.9 Å². The maximum Gasteiger partial charge on any atom is 0.329 e. The standard InChI is InChI=1S/C24H33N5O4/c1-4-5-10-29-22(15-21(31)26-23(29)32)28-13-11-27(12-14-28)17-20(30)24(2,3)33-19-8-6-18(16-25)7-9-19/h6-9,15,20,30H,4-5,10-14,17H2,1-3H3,(H,26,31,32). The minimum Gasteiger partial charge on any atom is -0.485 e. The Morgan fingerprint density at radius 2 is 1.85 bits per heavy atom. The van der Waals surface area contributed by atoms with E-state index >= 15 is 0 Å². The maximum atomic E-state index is 12.3. The topological polar surface area (TPSA) is 115 Å². The van der Waals surface area contributed by atoms with Crippen molar-refractivity contribution in [3.63, 3.8) is 0 Å². The lowest BCUT2D eigenvalue weighted by atomic mass is 10.0. The Morgan fingerprint density at radius 1 is 1.18 bits per heavy atom. The van der Waals surface area contributed by atoms with Gasteiger partial charge in [-0.2, -0.15) is 5.26 Å². The van der Waals surface area contributed by atoms with Gasteiger partial charge in [0.05, 0.1) is 11.6 Å². The predicted molar refractivity (Wildman–Crippen MR) is 127 cm³/mol. The van der Waals surface area contributed by atoms with E-state index in [0.717, 1.165) is 12.8 Å². The van der Waals surface area contributed by atoms with Crippen LogP contribution in [0.5, 0.6) is 5.75 Å². The summed E-state index contributed by atoms with van der Waals surface area (Å²) in [5.41, 5.74) is -1.02. The minimum absolute atomic E-state index is 0.370. The average Bonchev–Trinajstić information content (AvgIpc) is 2.79. The first-order valence-electron chi connectivity index (χ1n) is 11.4. The molecule has 1 fully saturated rings. The highest BCUT2D eigenvalue weighted by molar-refractivity contribution is 5.39. The van der Waals surface area contributed by atoms with Gasteiger partial charge in [-0.05, 0) is 44.5 Å². The van der Waals surface area contributed by atoms with Crippen molar-refractivity contribution in [1.29, 1.82) is 5.26 Å². The van der Waals surface area contributed by atoms with E-state index in [4.69, 9.17) is 10.00 Å². The number of H-pyrrole nitrogens is 1. The molecule has 1 aliphatic heterocycles. The Hall–Kier alpha value is -3.09. The highest BCUT2D eigenvalue weighted by Crippen LogP contribution is 2.23. The summed E-state index contributed by atoms with van der Waals surface area (Å²) in [4.78, 5) is 30.8. The van der Waals surface area contributed by atoms with Gasteiger partial charge in [-0.3, -0.25) is 19.2 Å². The van der Waals surface area contributed by atoms with Gasteiger partial charge in [0.1, 0.15) is 23.3 Å². The summed E-state index contributed by atoms with van der Waals surface area (Å²) < 4.78 is 7.64. The van der Waals surface area contributed by atoms with E-state index in [1.807, 2.05) is 13.8 Å². The number of β-amino-alcohol motifs (C(OH)–C–C–N with tert-alkyl or cyclic N) is 1. The molecule has 33 heavy (non-hydrogen) atoms. The molecule has 0 amide bonds. The Balaban J connectivity index is 1.60. The number of anilines is 1. The zero-order chi connectivity index (χ0) is 24.0. The molecule has 1 saturated heterocycles. The third kappa shape index (κ3) is 6.24. The van der Waals surface area contributed by atoms with Crippen LogP contribution in [-0.4, -0.2) is 64.0 Å². The smallest absolute Gasteiger partial charge is 0.329 e. The lowest BCUT2D eigenvalue weighted by Crippen LogP contribution is -2.54. The zero-order valence-corrected chi connectivity index (χ0v) is 19.6. The van der Waals surface area contributed by atoms with Gasteiger partial charge >= 0.3 is 5.69 Å². The average molecular weight is 456 g/mol. The number of nitriles is 1. The number of piperazine rings is 1. The van der Waals surface area contributed by atoms with Gasteiger partial charge in [0.25, 0.3) is 5.56 Å². The van der Waals surface area contributed by atoms with Crippen LogP contribution >= 0.6 is 0 Å². The molecule has 0 radical (unpaired) electrons. The van der Waals surface area contributed by atoms with E-state index in [2.05, 4.69) is 27.8 Å². The van der Waals surface area contributed by atoms with Crippen molar-refractivity contribution >= 4 is 5.82 Å². The molecule has 9 heteroatoms. The molecule has 1 aromatic carbocycles. The quantitative estimate of drug-likeness (QED) is 0.590. The third-order valence-corrected chi connectivity index (χ3v) is 6.04. The molecule has 1 unspecified atom stereocenters. The van der Waals surface area contributed by atoms with E-state index < -0.39 is 11.7 Å². The number of aliphatic hydroxyl groups excluding tert-OH is 1. The number of aliphatic hydroxyl groups is 1. The molecule has 3 rings (SSSR count). The van der Waals surface area contributed by atoms with Crippen molar-refractivity contribution in [3.8, 4) is 11.8 Å². The number of rotatable bonds is 9. The maximum absolute atomic E-state index is 12.3. The predicted octanol–water partition coefficient (Wildman–Crippen LogP) is 1.55. The number of benzene rings is 1. The highest BCUT2D eigenvalue weighted by Gasteiger charge is 2.33. The van der Waals surface area contributed by atoms with Crippen LogP contribution in [0.2, 0.25) is 0 Å². The van der Waals surface area contributed by atoms with E-state index in [9.17, 15) is 14.7 Å². The van der Waals surface area contributed by atoms with Crippen molar-refractivity contribution < 1.29 is 9.84 Å². The second-order valence-electron chi connectivity index (χ2n) is 8.95. The number of nitrogens with one attached hydrogen (secondary N) is 1. The van der Waals surface area contributed by atoms with Crippen LogP contribution in [0.25, 0.3) is 0 Å². The highest BCUT2D eigenvalue weighted by atomic mass is 16.5. The van der Waals surface area contributed by atoms with E-state index in [0.29, 0.717) is 56.4 Å². The van der Waals surface area contributed by atoms with Gasteiger partial charge in [-0.1, -0.05) is 13.3 Å². The number of aromatic amines is 1. The van der Waals surface area contributed by atoms with Gasteiger partial charge < -0.3 is 14.7 Å². The molecule has 0 spiro atoms. The Bertz CT molecular complexity index is 1080. The summed E-state index contributed by atoms with van der Waals surface area (Å²) in [5, 5.41) is 19.8. The van der Waals surface area contributed by atoms with Crippen molar-refractivity contribution in [2.45, 2.75) is 51.9 Å². The van der Waals surface area contributed by atoms with Crippen molar-refractivity contribution in [1.82, 2.24) is 14.5 Å². The first-order valence-corrected chi connectivity index (χ1v) is 11.4. The molecule has 2 aromatic rings. The molecule has 0 saturated carbocycles. The molecule has 2 heterocycles. The van der Waals surface area contributed by atoms with Crippen molar-refractivity contribution in [2.75, 3.05) is 37.6 Å². The fraction of sp³-hybridized carbons (Fsp3) is 0.542. The largest absolute Gasteiger partial charge is 0.485 e. The monoisotopic (exact) mass is 455 g/mol. The Kier molecular flexibility index (Phi) is 7.95. The number of hydrogen-bond donors (Lipinski definition) is 2. The summed E-state index contributed by atoms with van der Waals surface area (Å²) in [5.74, 6) is 1.25.